The van der Waals surface area contributed by atoms with E-state index in [0.29, 0.717) is 42.7 Å². The molecular formula is C31H41FN2O3. The summed E-state index contributed by atoms with van der Waals surface area (Å²) in [6.07, 6.45) is 5.92. The first-order valence-corrected chi connectivity index (χ1v) is 13.5. The summed E-state index contributed by atoms with van der Waals surface area (Å²) in [6, 6.07) is 14.2. The fourth-order valence-corrected chi connectivity index (χ4v) is 5.73. The summed E-state index contributed by atoms with van der Waals surface area (Å²) in [6.45, 7) is 7.40. The largest absolute Gasteiger partial charge is 0.493 e. The van der Waals surface area contributed by atoms with Gasteiger partial charge in [0.05, 0.1) is 20.3 Å². The molecule has 0 radical (unpaired) electrons. The number of likely N-dealkylation sites (tertiary alicyclic amines) is 1. The van der Waals surface area contributed by atoms with Crippen LogP contribution in [0.4, 0.5) is 4.39 Å². The van der Waals surface area contributed by atoms with Crippen LogP contribution in [0.3, 0.4) is 0 Å². The number of unbranched alkanes of at least 4 members (excludes halogenated alkanes) is 1. The van der Waals surface area contributed by atoms with Gasteiger partial charge in [0.1, 0.15) is 5.82 Å². The van der Waals surface area contributed by atoms with Crippen LogP contribution in [-0.2, 0) is 5.41 Å². The minimum absolute atomic E-state index is 0.0158. The highest BCUT2D eigenvalue weighted by molar-refractivity contribution is 5.97. The highest BCUT2D eigenvalue weighted by Crippen LogP contribution is 2.44. The summed E-state index contributed by atoms with van der Waals surface area (Å²) in [7, 11) is 3.28. The quantitative estimate of drug-likeness (QED) is 0.220. The lowest BCUT2D eigenvalue weighted by Crippen LogP contribution is -2.48. The number of hydrogen-bond donors (Lipinski definition) is 0. The van der Waals surface area contributed by atoms with Gasteiger partial charge in [0.2, 0.25) is 0 Å². The van der Waals surface area contributed by atoms with Crippen molar-refractivity contribution in [1.82, 2.24) is 4.90 Å². The molecule has 0 saturated carbocycles. The van der Waals surface area contributed by atoms with Gasteiger partial charge in [0, 0.05) is 29.9 Å². The Morgan fingerprint density at radius 3 is 2.32 bits per heavy atom. The van der Waals surface area contributed by atoms with Crippen molar-refractivity contribution < 1.29 is 18.7 Å². The number of methoxy groups -OCH3 is 2. The van der Waals surface area contributed by atoms with E-state index in [1.54, 1.807) is 26.4 Å². The van der Waals surface area contributed by atoms with E-state index in [9.17, 15) is 14.4 Å². The van der Waals surface area contributed by atoms with E-state index in [0.717, 1.165) is 25.2 Å². The maximum Gasteiger partial charge on any atom is 0.165 e. The summed E-state index contributed by atoms with van der Waals surface area (Å²) in [5.41, 5.74) is 1.32. The third-order valence-corrected chi connectivity index (χ3v) is 7.97. The number of halogens is 1. The number of hydrogen-bond acceptors (Lipinski definition) is 5. The highest BCUT2D eigenvalue weighted by Gasteiger charge is 2.42. The number of rotatable bonds is 13. The van der Waals surface area contributed by atoms with E-state index in [-0.39, 0.29) is 28.9 Å². The molecule has 0 amide bonds. The van der Waals surface area contributed by atoms with Crippen molar-refractivity contribution in [2.24, 2.45) is 11.8 Å². The molecule has 2 aromatic rings. The highest BCUT2D eigenvalue weighted by atomic mass is 19.1. The Kier molecular flexibility index (Phi) is 10.5. The van der Waals surface area contributed by atoms with Crippen LogP contribution < -0.4 is 9.47 Å². The molecule has 2 aromatic carbocycles. The molecule has 2 atom stereocenters. The van der Waals surface area contributed by atoms with Gasteiger partial charge in [-0.15, -0.1) is 0 Å². The van der Waals surface area contributed by atoms with Crippen molar-refractivity contribution in [1.29, 1.82) is 5.26 Å². The molecule has 1 saturated heterocycles. The van der Waals surface area contributed by atoms with Crippen LogP contribution in [0.5, 0.6) is 11.5 Å². The zero-order chi connectivity index (χ0) is 26.8. The number of ketones is 1. The zero-order valence-corrected chi connectivity index (χ0v) is 22.8. The predicted octanol–water partition coefficient (Wildman–Crippen LogP) is 6.81. The number of nitrogens with zero attached hydrogens (tertiary/aromatic N) is 2. The van der Waals surface area contributed by atoms with Crippen molar-refractivity contribution in [2.45, 2.75) is 64.2 Å². The van der Waals surface area contributed by atoms with Crippen LogP contribution in [0.2, 0.25) is 0 Å². The molecule has 0 N–H and O–H groups in total. The Bertz CT molecular complexity index is 1060. The third kappa shape index (κ3) is 7.11. The summed E-state index contributed by atoms with van der Waals surface area (Å²) >= 11 is 0. The second kappa shape index (κ2) is 13.6. The molecular weight excluding hydrogens is 467 g/mol. The molecule has 1 fully saturated rings. The Morgan fingerprint density at radius 1 is 1.05 bits per heavy atom. The first-order chi connectivity index (χ1) is 17.8. The van der Waals surface area contributed by atoms with E-state index in [2.05, 4.69) is 36.9 Å². The Hall–Kier alpha value is -2.91. The summed E-state index contributed by atoms with van der Waals surface area (Å²) in [5, 5.41) is 9.18. The second-order valence-electron chi connectivity index (χ2n) is 10.5. The minimum Gasteiger partial charge on any atom is -0.493 e. The number of piperidine rings is 1. The van der Waals surface area contributed by atoms with Crippen LogP contribution in [0.25, 0.3) is 0 Å². The van der Waals surface area contributed by atoms with Gasteiger partial charge >= 0.3 is 0 Å². The molecule has 5 nitrogen and oxygen atoms in total. The standard InChI is InChI=1S/C31H41FN2O3/c1-23(2)31(22-34-18-8-5-9-19-34,26-13-16-28(36-3)29(20-26)37-4)21-25(10-6-7-17-33)30(35)24-11-14-27(32)15-12-24/h11-16,20,23,25H,5-10,18-19,21-22H2,1-4H3. The molecule has 1 aliphatic rings. The van der Waals surface area contributed by atoms with Crippen molar-refractivity contribution >= 4 is 5.78 Å². The van der Waals surface area contributed by atoms with E-state index < -0.39 is 0 Å². The van der Waals surface area contributed by atoms with Crippen LogP contribution in [0.1, 0.15) is 74.7 Å². The first-order valence-electron chi connectivity index (χ1n) is 13.5. The Balaban J connectivity index is 2.08. The van der Waals surface area contributed by atoms with Crippen LogP contribution in [-0.4, -0.2) is 44.5 Å². The zero-order valence-electron chi connectivity index (χ0n) is 22.8. The molecule has 200 valence electrons. The lowest BCUT2D eigenvalue weighted by Gasteiger charge is -2.45. The van der Waals surface area contributed by atoms with Crippen LogP contribution in [0.15, 0.2) is 42.5 Å². The lowest BCUT2D eigenvalue weighted by atomic mass is 9.64. The van der Waals surface area contributed by atoms with Crippen molar-refractivity contribution in [3.05, 3.63) is 59.4 Å². The molecule has 0 bridgehead atoms. The molecule has 6 heteroatoms. The molecule has 2 unspecified atom stereocenters. The average molecular weight is 509 g/mol. The number of carbonyl (C=O) groups excluding carboxylic acids is 1. The maximum absolute atomic E-state index is 13.8. The van der Waals surface area contributed by atoms with Gasteiger partial charge in [0.25, 0.3) is 0 Å². The Morgan fingerprint density at radius 2 is 1.73 bits per heavy atom. The van der Waals surface area contributed by atoms with E-state index in [4.69, 9.17) is 9.47 Å². The smallest absolute Gasteiger partial charge is 0.165 e. The molecule has 1 heterocycles. The van der Waals surface area contributed by atoms with Gasteiger partial charge in [0.15, 0.2) is 17.3 Å². The number of benzene rings is 2. The van der Waals surface area contributed by atoms with Gasteiger partial charge in [-0.25, -0.2) is 4.39 Å². The fourth-order valence-electron chi connectivity index (χ4n) is 5.73. The van der Waals surface area contributed by atoms with Gasteiger partial charge in [-0.05, 0) is 93.1 Å². The number of nitriles is 1. The fraction of sp³-hybridized carbons (Fsp3) is 0.548. The topological polar surface area (TPSA) is 62.6 Å². The van der Waals surface area contributed by atoms with Crippen LogP contribution >= 0.6 is 0 Å². The maximum atomic E-state index is 13.8. The molecule has 3 rings (SSSR count). The lowest BCUT2D eigenvalue weighted by molar-refractivity contribution is 0.0811. The van der Waals surface area contributed by atoms with Gasteiger partial charge in [-0.3, -0.25) is 4.79 Å². The monoisotopic (exact) mass is 508 g/mol. The van der Waals surface area contributed by atoms with Crippen molar-refractivity contribution in [3.8, 4) is 17.6 Å². The van der Waals surface area contributed by atoms with Crippen LogP contribution in [0, 0.1) is 29.0 Å². The van der Waals surface area contributed by atoms with E-state index in [1.807, 2.05) is 6.07 Å². The molecule has 1 aliphatic heterocycles. The number of ether oxygens (including phenoxy) is 2. The SMILES string of the molecule is COc1ccc(C(CC(CCCC#N)C(=O)c2ccc(F)cc2)(CN2CCCCC2)C(C)C)cc1OC. The third-order valence-electron chi connectivity index (χ3n) is 7.97. The minimum atomic E-state index is -0.357. The average Bonchev–Trinajstić information content (AvgIpc) is 2.92. The van der Waals surface area contributed by atoms with E-state index in [1.165, 1.54) is 31.4 Å². The molecule has 0 aliphatic carbocycles. The number of Topliss-reactive ketones (excluding diaryl/α,β-unsaturated/α-hetero) is 1. The molecule has 0 spiro atoms. The second-order valence-corrected chi connectivity index (χ2v) is 10.5. The van der Waals surface area contributed by atoms with Gasteiger partial charge < -0.3 is 14.4 Å². The van der Waals surface area contributed by atoms with Crippen molar-refractivity contribution in [3.63, 3.8) is 0 Å². The normalized spacial score (nSPS) is 16.6. The molecule has 0 aromatic heterocycles. The summed E-state index contributed by atoms with van der Waals surface area (Å²) < 4.78 is 24.8. The van der Waals surface area contributed by atoms with Gasteiger partial charge in [-0.1, -0.05) is 26.3 Å². The Labute approximate surface area is 221 Å². The predicted molar refractivity (Wildman–Crippen MR) is 145 cm³/mol. The summed E-state index contributed by atoms with van der Waals surface area (Å²) in [4.78, 5) is 16.4. The number of carbonyl (C=O) groups is 1. The van der Waals surface area contributed by atoms with E-state index >= 15 is 0 Å². The molecule has 37 heavy (non-hydrogen) atoms. The van der Waals surface area contributed by atoms with Gasteiger partial charge in [-0.2, -0.15) is 5.26 Å². The van der Waals surface area contributed by atoms with Crippen molar-refractivity contribution in [2.75, 3.05) is 33.9 Å². The summed E-state index contributed by atoms with van der Waals surface area (Å²) in [5.74, 6) is 0.946. The first kappa shape index (κ1) is 28.7.